The zero-order chi connectivity index (χ0) is 12.2. The molecule has 0 saturated carbocycles. The topological polar surface area (TPSA) is 66.4 Å². The molecule has 6 heteroatoms. The van der Waals surface area contributed by atoms with Gasteiger partial charge >= 0.3 is 29.6 Å². The number of rotatable bonds is 5. The third-order valence-corrected chi connectivity index (χ3v) is 3.07. The van der Waals surface area contributed by atoms with Gasteiger partial charge in [0.1, 0.15) is 5.75 Å². The summed E-state index contributed by atoms with van der Waals surface area (Å²) in [6.45, 7) is 4.22. The largest absolute Gasteiger partial charge is 1.00 e. The van der Waals surface area contributed by atoms with Crippen molar-refractivity contribution < 1.29 is 47.3 Å². The van der Waals surface area contributed by atoms with Gasteiger partial charge < -0.3 is 9.29 Å². The SMILES string of the molecule is Cc1ccc(OCCCS(=O)(=O)[O-])cc1C.[Na+]. The van der Waals surface area contributed by atoms with Crippen molar-refractivity contribution in [1.82, 2.24) is 0 Å². The van der Waals surface area contributed by atoms with E-state index in [4.69, 9.17) is 4.74 Å². The van der Waals surface area contributed by atoms with Crippen LogP contribution in [0.3, 0.4) is 0 Å². The van der Waals surface area contributed by atoms with Gasteiger partial charge in [0.15, 0.2) is 0 Å². The molecule has 0 bridgehead atoms. The van der Waals surface area contributed by atoms with Crippen molar-refractivity contribution >= 4 is 10.1 Å². The molecular weight excluding hydrogens is 251 g/mol. The minimum absolute atomic E-state index is 0. The molecule has 0 fully saturated rings. The van der Waals surface area contributed by atoms with Gasteiger partial charge in [-0.25, -0.2) is 8.42 Å². The Balaban J connectivity index is 0.00000256. The Bertz CT molecular complexity index is 457. The molecule has 0 N–H and O–H groups in total. The van der Waals surface area contributed by atoms with Crippen molar-refractivity contribution in [3.63, 3.8) is 0 Å². The molecule has 0 aliphatic rings. The summed E-state index contributed by atoms with van der Waals surface area (Å²) in [4.78, 5) is 0. The van der Waals surface area contributed by atoms with Crippen LogP contribution in [-0.2, 0) is 10.1 Å². The molecule has 0 aromatic heterocycles. The van der Waals surface area contributed by atoms with Gasteiger partial charge in [0.05, 0.1) is 16.7 Å². The van der Waals surface area contributed by atoms with E-state index in [-0.39, 0.29) is 48.3 Å². The third kappa shape index (κ3) is 7.06. The zero-order valence-electron chi connectivity index (χ0n) is 10.4. The summed E-state index contributed by atoms with van der Waals surface area (Å²) >= 11 is 0. The maximum Gasteiger partial charge on any atom is 1.00 e. The van der Waals surface area contributed by atoms with Gasteiger partial charge in [-0.3, -0.25) is 0 Å². The van der Waals surface area contributed by atoms with Gasteiger partial charge in [-0.15, -0.1) is 0 Å². The minimum Gasteiger partial charge on any atom is -0.748 e. The predicted molar refractivity (Wildman–Crippen MR) is 60.6 cm³/mol. The first-order valence-electron chi connectivity index (χ1n) is 5.02. The fourth-order valence-corrected chi connectivity index (χ4v) is 1.70. The molecule has 0 amide bonds. The first kappa shape index (κ1) is 16.9. The molecule has 0 atom stereocenters. The molecule has 0 radical (unpaired) electrons. The van der Waals surface area contributed by atoms with Crippen molar-refractivity contribution in [2.75, 3.05) is 12.4 Å². The van der Waals surface area contributed by atoms with Gasteiger partial charge in [-0.1, -0.05) is 6.07 Å². The Morgan fingerprint density at radius 1 is 1.24 bits per heavy atom. The monoisotopic (exact) mass is 266 g/mol. The molecule has 0 saturated heterocycles. The van der Waals surface area contributed by atoms with E-state index >= 15 is 0 Å². The van der Waals surface area contributed by atoms with E-state index in [2.05, 4.69) is 0 Å². The van der Waals surface area contributed by atoms with Crippen LogP contribution in [0.15, 0.2) is 18.2 Å². The van der Waals surface area contributed by atoms with Crippen LogP contribution in [0.4, 0.5) is 0 Å². The average molecular weight is 266 g/mol. The Kier molecular flexibility index (Phi) is 7.35. The van der Waals surface area contributed by atoms with E-state index in [1.807, 2.05) is 32.0 Å². The van der Waals surface area contributed by atoms with Gasteiger partial charge in [0, 0.05) is 5.75 Å². The summed E-state index contributed by atoms with van der Waals surface area (Å²) in [6, 6.07) is 5.66. The molecular formula is C11H15NaO4S. The van der Waals surface area contributed by atoms with E-state index < -0.39 is 10.1 Å². The number of hydrogen-bond donors (Lipinski definition) is 0. The number of ether oxygens (including phenoxy) is 1. The Labute approximate surface area is 124 Å². The fourth-order valence-electron chi connectivity index (χ4n) is 1.23. The molecule has 1 rings (SSSR count). The summed E-state index contributed by atoms with van der Waals surface area (Å²) in [7, 11) is -4.12. The van der Waals surface area contributed by atoms with Gasteiger partial charge in [-0.2, -0.15) is 0 Å². The fraction of sp³-hybridized carbons (Fsp3) is 0.455. The number of hydrogen-bond acceptors (Lipinski definition) is 4. The molecule has 90 valence electrons. The summed E-state index contributed by atoms with van der Waals surface area (Å²) in [5, 5.41) is 0. The molecule has 1 aromatic carbocycles. The third-order valence-electron chi connectivity index (χ3n) is 2.29. The second-order valence-corrected chi connectivity index (χ2v) is 5.23. The molecule has 0 aliphatic carbocycles. The first-order valence-corrected chi connectivity index (χ1v) is 6.60. The van der Waals surface area contributed by atoms with Crippen LogP contribution in [0.2, 0.25) is 0 Å². The summed E-state index contributed by atoms with van der Waals surface area (Å²) in [5.74, 6) is 0.323. The predicted octanol–water partition coefficient (Wildman–Crippen LogP) is -1.38. The molecule has 0 spiro atoms. The second kappa shape index (κ2) is 7.38. The van der Waals surface area contributed by atoms with E-state index in [0.29, 0.717) is 5.75 Å². The molecule has 4 nitrogen and oxygen atoms in total. The van der Waals surface area contributed by atoms with Crippen LogP contribution >= 0.6 is 0 Å². The van der Waals surface area contributed by atoms with Crippen LogP contribution in [-0.4, -0.2) is 25.3 Å². The maximum absolute atomic E-state index is 10.3. The van der Waals surface area contributed by atoms with Gasteiger partial charge in [0.2, 0.25) is 0 Å². The standard InChI is InChI=1S/C11H16O4S.Na/c1-9-4-5-11(8-10(9)2)15-6-3-7-16(12,13)14;/h4-5,8H,3,6-7H2,1-2H3,(H,12,13,14);/q;+1/p-1. The van der Waals surface area contributed by atoms with Gasteiger partial charge in [0.25, 0.3) is 0 Å². The van der Waals surface area contributed by atoms with E-state index in [1.54, 1.807) is 0 Å². The van der Waals surface area contributed by atoms with Crippen LogP contribution in [0.25, 0.3) is 0 Å². The first-order chi connectivity index (χ1) is 7.38. The Morgan fingerprint density at radius 2 is 1.88 bits per heavy atom. The van der Waals surface area contributed by atoms with Crippen molar-refractivity contribution in [3.8, 4) is 5.75 Å². The van der Waals surface area contributed by atoms with Crippen molar-refractivity contribution in [2.24, 2.45) is 0 Å². The van der Waals surface area contributed by atoms with E-state index in [1.165, 1.54) is 5.56 Å². The van der Waals surface area contributed by atoms with Crippen molar-refractivity contribution in [1.29, 1.82) is 0 Å². The van der Waals surface area contributed by atoms with E-state index in [0.717, 1.165) is 5.56 Å². The van der Waals surface area contributed by atoms with Crippen LogP contribution < -0.4 is 34.3 Å². The normalized spacial score (nSPS) is 10.8. The summed E-state index contributed by atoms with van der Waals surface area (Å²) in [6.07, 6.45) is 0.221. The minimum atomic E-state index is -4.12. The smallest absolute Gasteiger partial charge is 0.748 e. The van der Waals surface area contributed by atoms with Crippen LogP contribution in [0.5, 0.6) is 5.75 Å². The second-order valence-electron chi connectivity index (χ2n) is 3.71. The van der Waals surface area contributed by atoms with Crippen molar-refractivity contribution in [2.45, 2.75) is 20.3 Å². The number of aryl methyl sites for hydroxylation is 2. The summed E-state index contributed by atoms with van der Waals surface area (Å²) in [5.41, 5.74) is 2.29. The Hall–Kier alpha value is -0.0700. The Morgan fingerprint density at radius 3 is 2.41 bits per heavy atom. The molecule has 1 aromatic rings. The maximum atomic E-state index is 10.3. The van der Waals surface area contributed by atoms with Crippen LogP contribution in [0.1, 0.15) is 17.5 Å². The molecule has 0 aliphatic heterocycles. The van der Waals surface area contributed by atoms with E-state index in [9.17, 15) is 13.0 Å². The number of benzene rings is 1. The summed E-state index contributed by atoms with van der Waals surface area (Å²) < 4.78 is 36.3. The van der Waals surface area contributed by atoms with Crippen molar-refractivity contribution in [3.05, 3.63) is 29.3 Å². The molecule has 0 unspecified atom stereocenters. The molecule has 0 heterocycles. The van der Waals surface area contributed by atoms with Crippen LogP contribution in [0, 0.1) is 13.8 Å². The quantitative estimate of drug-likeness (QED) is 0.374. The molecule has 17 heavy (non-hydrogen) atoms. The average Bonchev–Trinajstić information content (AvgIpc) is 2.17. The van der Waals surface area contributed by atoms with Gasteiger partial charge in [-0.05, 0) is 43.5 Å². The zero-order valence-corrected chi connectivity index (χ0v) is 13.2.